The zero-order valence-electron chi connectivity index (χ0n) is 16.2. The van der Waals surface area contributed by atoms with Gasteiger partial charge in [0.15, 0.2) is 5.96 Å². The standard InChI is InChI=1S/C20H31N5O2/c1-3-21-20(24-15-12-14(2)25(13-15)16-8-9-16)23-11-10-22-19(27)17-6-4-5-7-18(17)26/h4-7,14-16,26H,3,8-13H2,1-2H3,(H,22,27)(H2,21,23,24). The summed E-state index contributed by atoms with van der Waals surface area (Å²) in [6, 6.07) is 8.35. The van der Waals surface area contributed by atoms with Gasteiger partial charge in [-0.05, 0) is 45.2 Å². The van der Waals surface area contributed by atoms with Crippen LogP contribution in [0.4, 0.5) is 0 Å². The van der Waals surface area contributed by atoms with Crippen LogP contribution in [0.15, 0.2) is 29.3 Å². The molecule has 7 nitrogen and oxygen atoms in total. The van der Waals surface area contributed by atoms with Crippen molar-refractivity contribution in [3.63, 3.8) is 0 Å². The minimum Gasteiger partial charge on any atom is -0.507 e. The predicted octanol–water partition coefficient (Wildman–Crippen LogP) is 1.30. The molecule has 1 aromatic rings. The van der Waals surface area contributed by atoms with Crippen LogP contribution < -0.4 is 16.0 Å². The Labute approximate surface area is 161 Å². The number of hydrogen-bond acceptors (Lipinski definition) is 4. The minimum absolute atomic E-state index is 0.0101. The molecule has 1 saturated carbocycles. The van der Waals surface area contributed by atoms with E-state index in [1.807, 2.05) is 6.92 Å². The van der Waals surface area contributed by atoms with Crippen LogP contribution in [0, 0.1) is 0 Å². The maximum atomic E-state index is 12.1. The van der Waals surface area contributed by atoms with E-state index in [1.165, 1.54) is 18.9 Å². The van der Waals surface area contributed by atoms with Gasteiger partial charge in [-0.25, -0.2) is 0 Å². The third-order valence-electron chi connectivity index (χ3n) is 5.14. The van der Waals surface area contributed by atoms with Crippen molar-refractivity contribution in [1.82, 2.24) is 20.9 Å². The van der Waals surface area contributed by atoms with E-state index in [4.69, 9.17) is 0 Å². The molecule has 2 fully saturated rings. The molecule has 1 aliphatic carbocycles. The summed E-state index contributed by atoms with van der Waals surface area (Å²) in [7, 11) is 0. The molecule has 148 valence electrons. The summed E-state index contributed by atoms with van der Waals surface area (Å²) in [5, 5.41) is 19.3. The molecule has 4 N–H and O–H groups in total. The number of nitrogens with one attached hydrogen (secondary N) is 3. The van der Waals surface area contributed by atoms with Crippen molar-refractivity contribution >= 4 is 11.9 Å². The molecule has 0 bridgehead atoms. The highest BCUT2D eigenvalue weighted by Crippen LogP contribution is 2.33. The van der Waals surface area contributed by atoms with Gasteiger partial charge in [0.1, 0.15) is 5.75 Å². The number of likely N-dealkylation sites (tertiary alicyclic amines) is 1. The number of hydrogen-bond donors (Lipinski definition) is 4. The van der Waals surface area contributed by atoms with E-state index in [0.29, 0.717) is 25.2 Å². The Bertz CT molecular complexity index is 674. The molecule has 0 spiro atoms. The average molecular weight is 374 g/mol. The number of aromatic hydroxyl groups is 1. The monoisotopic (exact) mass is 373 g/mol. The molecule has 1 aromatic carbocycles. The number of carbonyl (C=O) groups is 1. The lowest BCUT2D eigenvalue weighted by molar-refractivity contribution is 0.0952. The zero-order chi connectivity index (χ0) is 19.2. The number of aliphatic imine (C=N–C) groups is 1. The topological polar surface area (TPSA) is 89.0 Å². The number of amides is 1. The molecule has 1 heterocycles. The maximum Gasteiger partial charge on any atom is 0.255 e. The van der Waals surface area contributed by atoms with Crippen LogP contribution in [0.1, 0.15) is 43.5 Å². The lowest BCUT2D eigenvalue weighted by Crippen LogP contribution is -2.45. The van der Waals surface area contributed by atoms with Gasteiger partial charge in [0, 0.05) is 37.8 Å². The van der Waals surface area contributed by atoms with Crippen LogP contribution >= 0.6 is 0 Å². The third-order valence-corrected chi connectivity index (χ3v) is 5.14. The third kappa shape index (κ3) is 5.35. The van der Waals surface area contributed by atoms with Gasteiger partial charge in [-0.3, -0.25) is 14.7 Å². The summed E-state index contributed by atoms with van der Waals surface area (Å²) in [4.78, 5) is 19.3. The second-order valence-electron chi connectivity index (χ2n) is 7.39. The smallest absolute Gasteiger partial charge is 0.255 e. The highest BCUT2D eigenvalue weighted by molar-refractivity contribution is 5.96. The second-order valence-corrected chi connectivity index (χ2v) is 7.39. The fraction of sp³-hybridized carbons (Fsp3) is 0.600. The maximum absolute atomic E-state index is 12.1. The van der Waals surface area contributed by atoms with E-state index in [0.717, 1.165) is 31.5 Å². The van der Waals surface area contributed by atoms with Crippen LogP contribution in [0.2, 0.25) is 0 Å². The lowest BCUT2D eigenvalue weighted by atomic mass is 10.2. The fourth-order valence-electron chi connectivity index (χ4n) is 3.69. The van der Waals surface area contributed by atoms with Crippen LogP contribution in [0.3, 0.4) is 0 Å². The van der Waals surface area contributed by atoms with E-state index in [1.54, 1.807) is 18.2 Å². The van der Waals surface area contributed by atoms with E-state index >= 15 is 0 Å². The second kappa shape index (κ2) is 9.08. The lowest BCUT2D eigenvalue weighted by Gasteiger charge is -2.20. The van der Waals surface area contributed by atoms with E-state index < -0.39 is 0 Å². The molecule has 2 atom stereocenters. The van der Waals surface area contributed by atoms with Crippen LogP contribution in [-0.2, 0) is 0 Å². The number of para-hydroxylation sites is 1. The Balaban J connectivity index is 1.46. The fourth-order valence-corrected chi connectivity index (χ4v) is 3.69. The van der Waals surface area contributed by atoms with Crippen molar-refractivity contribution in [1.29, 1.82) is 0 Å². The summed E-state index contributed by atoms with van der Waals surface area (Å²) >= 11 is 0. The summed E-state index contributed by atoms with van der Waals surface area (Å²) in [5.74, 6) is 0.499. The number of rotatable bonds is 7. The first kappa shape index (κ1) is 19.5. The molecule has 2 unspecified atom stereocenters. The number of benzene rings is 1. The predicted molar refractivity (Wildman–Crippen MR) is 107 cm³/mol. The SMILES string of the molecule is CCNC(=NCCNC(=O)c1ccccc1O)NC1CC(C)N(C2CC2)C1. The van der Waals surface area contributed by atoms with Crippen molar-refractivity contribution < 1.29 is 9.90 Å². The van der Waals surface area contributed by atoms with Crippen molar-refractivity contribution in [2.75, 3.05) is 26.2 Å². The van der Waals surface area contributed by atoms with Crippen LogP contribution in [-0.4, -0.2) is 66.2 Å². The molecule has 3 rings (SSSR count). The first-order valence-corrected chi connectivity index (χ1v) is 9.95. The van der Waals surface area contributed by atoms with E-state index in [2.05, 4.69) is 32.8 Å². The Morgan fingerprint density at radius 3 is 2.78 bits per heavy atom. The van der Waals surface area contributed by atoms with Crippen molar-refractivity contribution in [2.24, 2.45) is 4.99 Å². The molecule has 1 aliphatic heterocycles. The average Bonchev–Trinajstić information content (AvgIpc) is 3.42. The van der Waals surface area contributed by atoms with Gasteiger partial charge in [0.05, 0.1) is 12.1 Å². The van der Waals surface area contributed by atoms with Gasteiger partial charge in [0.25, 0.3) is 5.91 Å². The summed E-state index contributed by atoms with van der Waals surface area (Å²) < 4.78 is 0. The van der Waals surface area contributed by atoms with Gasteiger partial charge < -0.3 is 21.1 Å². The Kier molecular flexibility index (Phi) is 6.55. The summed E-state index contributed by atoms with van der Waals surface area (Å²) in [6.45, 7) is 7.11. The van der Waals surface area contributed by atoms with E-state index in [9.17, 15) is 9.90 Å². The molecule has 7 heteroatoms. The van der Waals surface area contributed by atoms with Gasteiger partial charge in [-0.2, -0.15) is 0 Å². The quantitative estimate of drug-likeness (QED) is 0.329. The number of phenolic OH excluding ortho intramolecular Hbond substituents is 1. The van der Waals surface area contributed by atoms with E-state index in [-0.39, 0.29) is 17.2 Å². The number of guanidine groups is 1. The molecular weight excluding hydrogens is 342 g/mol. The van der Waals surface area contributed by atoms with Gasteiger partial charge in [-0.15, -0.1) is 0 Å². The molecule has 0 radical (unpaired) electrons. The van der Waals surface area contributed by atoms with Gasteiger partial charge in [0.2, 0.25) is 0 Å². The van der Waals surface area contributed by atoms with Crippen LogP contribution in [0.5, 0.6) is 5.75 Å². The molecule has 2 aliphatic rings. The molecule has 1 saturated heterocycles. The summed E-state index contributed by atoms with van der Waals surface area (Å²) in [5.41, 5.74) is 0.284. The van der Waals surface area contributed by atoms with Gasteiger partial charge >= 0.3 is 0 Å². The first-order chi connectivity index (χ1) is 13.1. The van der Waals surface area contributed by atoms with Crippen LogP contribution in [0.25, 0.3) is 0 Å². The molecular formula is C20H31N5O2. The minimum atomic E-state index is -0.286. The zero-order valence-corrected chi connectivity index (χ0v) is 16.2. The summed E-state index contributed by atoms with van der Waals surface area (Å²) in [6.07, 6.45) is 3.80. The normalized spacial score (nSPS) is 23.3. The van der Waals surface area contributed by atoms with Crippen molar-refractivity contribution in [2.45, 2.75) is 51.2 Å². The van der Waals surface area contributed by atoms with Gasteiger partial charge in [-0.1, -0.05) is 12.1 Å². The Morgan fingerprint density at radius 1 is 1.30 bits per heavy atom. The molecule has 0 aromatic heterocycles. The number of carbonyl (C=O) groups excluding carboxylic acids is 1. The molecule has 27 heavy (non-hydrogen) atoms. The highest BCUT2D eigenvalue weighted by Gasteiger charge is 2.38. The number of phenols is 1. The Hall–Kier alpha value is -2.28. The largest absolute Gasteiger partial charge is 0.507 e. The first-order valence-electron chi connectivity index (χ1n) is 9.95. The number of nitrogens with zero attached hydrogens (tertiary/aromatic N) is 2. The molecule has 1 amide bonds. The Morgan fingerprint density at radius 2 is 2.07 bits per heavy atom. The highest BCUT2D eigenvalue weighted by atomic mass is 16.3. The van der Waals surface area contributed by atoms with Crippen molar-refractivity contribution in [3.05, 3.63) is 29.8 Å². The van der Waals surface area contributed by atoms with Crippen molar-refractivity contribution in [3.8, 4) is 5.75 Å².